The second-order valence-corrected chi connectivity index (χ2v) is 15.2. The SMILES string of the molecule is C.COCCCC(=O)N1CCN(CCN(C)C(=O)c2cccc(C(=O)Nc3ccc(N4CCCCC4)cc3-c3cc(C(=O)NCc4cccc(C(F)(F)F)c4)ccn3)c2)CC1. The fourth-order valence-electron chi connectivity index (χ4n) is 7.41. The number of anilines is 2. The van der Waals surface area contributed by atoms with Gasteiger partial charge in [0.2, 0.25) is 5.91 Å². The Bertz CT molecular complexity index is 2130. The molecule has 2 saturated heterocycles. The van der Waals surface area contributed by atoms with Crippen LogP contribution in [0.2, 0.25) is 0 Å². The van der Waals surface area contributed by atoms with E-state index in [9.17, 15) is 32.3 Å². The van der Waals surface area contributed by atoms with Gasteiger partial charge >= 0.3 is 6.18 Å². The number of nitrogens with one attached hydrogen (secondary N) is 2. The molecule has 4 aromatic rings. The summed E-state index contributed by atoms with van der Waals surface area (Å²) in [6.45, 7) is 6.07. The molecule has 326 valence electrons. The minimum atomic E-state index is -4.50. The lowest BCUT2D eigenvalue weighted by atomic mass is 10.0. The van der Waals surface area contributed by atoms with Crippen LogP contribution in [0.3, 0.4) is 0 Å². The molecule has 15 heteroatoms. The van der Waals surface area contributed by atoms with E-state index in [2.05, 4.69) is 25.4 Å². The lowest BCUT2D eigenvalue weighted by Crippen LogP contribution is -2.50. The van der Waals surface area contributed by atoms with E-state index in [-0.39, 0.29) is 36.9 Å². The molecule has 0 saturated carbocycles. The minimum absolute atomic E-state index is 0. The number of carbonyl (C=O) groups is 4. The van der Waals surface area contributed by atoms with Crippen molar-refractivity contribution >= 4 is 35.0 Å². The maximum atomic E-state index is 13.8. The number of rotatable bonds is 15. The van der Waals surface area contributed by atoms with Crippen LogP contribution >= 0.6 is 0 Å². The Labute approximate surface area is 356 Å². The number of piperazine rings is 1. The summed E-state index contributed by atoms with van der Waals surface area (Å²) in [5.74, 6) is -1.03. The molecular weight excluding hydrogens is 788 g/mol. The third-order valence-corrected chi connectivity index (χ3v) is 10.9. The van der Waals surface area contributed by atoms with Gasteiger partial charge in [-0.15, -0.1) is 0 Å². The average Bonchev–Trinajstić information content (AvgIpc) is 3.27. The third-order valence-electron chi connectivity index (χ3n) is 10.9. The zero-order valence-corrected chi connectivity index (χ0v) is 34.1. The van der Waals surface area contributed by atoms with Crippen molar-refractivity contribution in [1.29, 1.82) is 0 Å². The van der Waals surface area contributed by atoms with E-state index in [1.165, 1.54) is 24.4 Å². The number of alkyl halides is 3. The molecule has 0 spiro atoms. The Morgan fingerprint density at radius 3 is 2.28 bits per heavy atom. The zero-order valence-electron chi connectivity index (χ0n) is 34.1. The lowest BCUT2D eigenvalue weighted by molar-refractivity contribution is -0.137. The van der Waals surface area contributed by atoms with Crippen molar-refractivity contribution in [3.05, 3.63) is 113 Å². The number of halogens is 3. The molecule has 0 aliphatic carbocycles. The maximum Gasteiger partial charge on any atom is 0.416 e. The van der Waals surface area contributed by atoms with E-state index in [1.807, 2.05) is 17.0 Å². The Morgan fingerprint density at radius 2 is 1.54 bits per heavy atom. The number of ether oxygens (including phenoxy) is 1. The first-order chi connectivity index (χ1) is 28.9. The Balaban J connectivity index is 0.00000704. The molecule has 2 fully saturated rings. The van der Waals surface area contributed by atoms with E-state index < -0.39 is 23.6 Å². The molecular formula is C46H56F3N7O5. The lowest BCUT2D eigenvalue weighted by Gasteiger charge is -2.35. The number of amides is 4. The zero-order chi connectivity index (χ0) is 42.6. The number of hydrogen-bond acceptors (Lipinski definition) is 8. The smallest absolute Gasteiger partial charge is 0.385 e. The van der Waals surface area contributed by atoms with Crippen LogP contribution in [0.5, 0.6) is 0 Å². The number of nitrogens with zero attached hydrogens (tertiary/aromatic N) is 5. The van der Waals surface area contributed by atoms with Gasteiger partial charge in [-0.3, -0.25) is 29.1 Å². The summed E-state index contributed by atoms with van der Waals surface area (Å²) in [6, 6.07) is 20.1. The van der Waals surface area contributed by atoms with Crippen LogP contribution < -0.4 is 15.5 Å². The summed E-state index contributed by atoms with van der Waals surface area (Å²) in [6.07, 6.45) is 1.39. The molecule has 2 aliphatic rings. The number of carbonyl (C=O) groups excluding carboxylic acids is 4. The van der Waals surface area contributed by atoms with Gasteiger partial charge in [0.05, 0.1) is 16.9 Å². The highest BCUT2D eigenvalue weighted by atomic mass is 19.4. The van der Waals surface area contributed by atoms with Crippen LogP contribution in [0.15, 0.2) is 85.1 Å². The summed E-state index contributed by atoms with van der Waals surface area (Å²) in [5, 5.41) is 5.70. The van der Waals surface area contributed by atoms with Gasteiger partial charge in [-0.25, -0.2) is 0 Å². The van der Waals surface area contributed by atoms with Gasteiger partial charge in [0, 0.05) is 120 Å². The second-order valence-electron chi connectivity index (χ2n) is 15.2. The van der Waals surface area contributed by atoms with Gasteiger partial charge in [0.1, 0.15) is 0 Å². The fraction of sp³-hybridized carbons (Fsp3) is 0.413. The molecule has 0 radical (unpaired) electrons. The molecule has 0 unspecified atom stereocenters. The topological polar surface area (TPSA) is 127 Å². The van der Waals surface area contributed by atoms with E-state index in [0.717, 1.165) is 63.3 Å². The summed E-state index contributed by atoms with van der Waals surface area (Å²) >= 11 is 0. The summed E-state index contributed by atoms with van der Waals surface area (Å²) in [7, 11) is 3.35. The van der Waals surface area contributed by atoms with Crippen LogP contribution in [-0.4, -0.2) is 116 Å². The van der Waals surface area contributed by atoms with E-state index >= 15 is 0 Å². The van der Waals surface area contributed by atoms with Crippen molar-refractivity contribution < 1.29 is 37.1 Å². The molecule has 61 heavy (non-hydrogen) atoms. The van der Waals surface area contributed by atoms with Crippen molar-refractivity contribution in [2.24, 2.45) is 0 Å². The molecule has 4 amide bonds. The van der Waals surface area contributed by atoms with Gasteiger partial charge < -0.3 is 30.1 Å². The predicted octanol–water partition coefficient (Wildman–Crippen LogP) is 7.22. The standard InChI is InChI=1S/C45H52F3N7O5.CH4/c1-52(20-21-53-22-24-55(25-23-53)41(56)13-8-26-60-2)44(59)35-11-7-10-33(28-35)43(58)51-39-15-14-37(54-18-4-3-5-19-54)30-38(39)40-29-34(16-17-49-40)42(57)50-31-32-9-6-12-36(27-32)45(46,47)48;/h6-7,9-12,14-17,27-30H,3-5,8,13,18-26,31H2,1-2H3,(H,50,57)(H,51,58);1H4. The monoisotopic (exact) mass is 843 g/mol. The van der Waals surface area contributed by atoms with Crippen LogP contribution in [0, 0.1) is 0 Å². The minimum Gasteiger partial charge on any atom is -0.385 e. The molecule has 0 bridgehead atoms. The molecule has 2 aliphatic heterocycles. The highest BCUT2D eigenvalue weighted by Crippen LogP contribution is 2.34. The van der Waals surface area contributed by atoms with Gasteiger partial charge in [0.25, 0.3) is 17.7 Å². The van der Waals surface area contributed by atoms with Crippen LogP contribution in [0.1, 0.15) is 81.7 Å². The molecule has 6 rings (SSSR count). The Hall–Kier alpha value is -5.80. The quantitative estimate of drug-likeness (QED) is 0.120. The van der Waals surface area contributed by atoms with Gasteiger partial charge in [0.15, 0.2) is 0 Å². The van der Waals surface area contributed by atoms with Gasteiger partial charge in [-0.1, -0.05) is 25.6 Å². The number of aromatic nitrogens is 1. The first-order valence-corrected chi connectivity index (χ1v) is 20.4. The Kier molecular flexibility index (Phi) is 16.4. The maximum absolute atomic E-state index is 13.8. The summed E-state index contributed by atoms with van der Waals surface area (Å²) in [5.41, 5.74) is 2.76. The summed E-state index contributed by atoms with van der Waals surface area (Å²) in [4.78, 5) is 65.7. The first-order valence-electron chi connectivity index (χ1n) is 20.4. The first kappa shape index (κ1) is 46.3. The van der Waals surface area contributed by atoms with Crippen LogP contribution in [0.25, 0.3) is 11.3 Å². The molecule has 1 aromatic heterocycles. The number of hydrogen-bond donors (Lipinski definition) is 2. The Morgan fingerprint density at radius 1 is 0.820 bits per heavy atom. The van der Waals surface area contributed by atoms with E-state index in [1.54, 1.807) is 55.5 Å². The van der Waals surface area contributed by atoms with Crippen LogP contribution in [-0.2, 0) is 22.3 Å². The van der Waals surface area contributed by atoms with Crippen molar-refractivity contribution in [2.75, 3.05) is 83.3 Å². The predicted molar refractivity (Wildman–Crippen MR) is 231 cm³/mol. The van der Waals surface area contributed by atoms with E-state index in [4.69, 9.17) is 4.74 Å². The highest BCUT2D eigenvalue weighted by molar-refractivity contribution is 6.08. The summed E-state index contributed by atoms with van der Waals surface area (Å²) < 4.78 is 44.8. The van der Waals surface area contributed by atoms with Crippen molar-refractivity contribution in [1.82, 2.24) is 25.0 Å². The number of likely N-dealkylation sites (N-methyl/N-ethyl adjacent to an activating group) is 1. The van der Waals surface area contributed by atoms with Crippen molar-refractivity contribution in [3.8, 4) is 11.3 Å². The molecule has 0 atom stereocenters. The van der Waals surface area contributed by atoms with Gasteiger partial charge in [-0.05, 0) is 91.9 Å². The number of benzene rings is 3. The number of piperidine rings is 1. The average molecular weight is 844 g/mol. The molecule has 3 aromatic carbocycles. The fourth-order valence-corrected chi connectivity index (χ4v) is 7.41. The molecule has 12 nitrogen and oxygen atoms in total. The third kappa shape index (κ3) is 12.6. The molecule has 2 N–H and O–H groups in total. The van der Waals surface area contributed by atoms with Crippen LogP contribution in [0.4, 0.5) is 24.5 Å². The number of pyridine rings is 1. The normalized spacial score (nSPS) is 14.5. The highest BCUT2D eigenvalue weighted by Gasteiger charge is 2.30. The van der Waals surface area contributed by atoms with Crippen molar-refractivity contribution in [3.63, 3.8) is 0 Å². The second kappa shape index (κ2) is 21.6. The molecule has 3 heterocycles. The van der Waals surface area contributed by atoms with E-state index in [0.29, 0.717) is 73.7 Å². The van der Waals surface area contributed by atoms with Crippen molar-refractivity contribution in [2.45, 2.75) is 52.3 Å². The number of methoxy groups -OCH3 is 1. The van der Waals surface area contributed by atoms with Gasteiger partial charge in [-0.2, -0.15) is 13.2 Å². The largest absolute Gasteiger partial charge is 0.416 e.